The average molecular weight is 1210 g/mol. The molecule has 496 valence electrons. The largest absolute Gasteiger partial charge is 0.472 e. The molecule has 0 aliphatic heterocycles. The second kappa shape index (κ2) is 70.5. The molecule has 0 aliphatic rings. The van der Waals surface area contributed by atoms with Crippen molar-refractivity contribution >= 4 is 19.8 Å². The molecule has 0 heterocycles. The first kappa shape index (κ1) is 82.5. The number of nitrogens with two attached hydrogens (primary N) is 1. The quantitative estimate of drug-likeness (QED) is 0.0264. The molecule has 0 aromatic heterocycles. The Bertz CT molecular complexity index is 1620. The van der Waals surface area contributed by atoms with Gasteiger partial charge in [0.2, 0.25) is 0 Å². The fourth-order valence-electron chi connectivity index (χ4n) is 10.7. The molecule has 0 saturated carbocycles. The number of allylic oxidation sites excluding steroid dienone is 12. The molecular weight excluding hydrogens is 1070 g/mol. The SMILES string of the molecule is CC/C=C\C/C=C\C/C=C\C/C=C\CCCCCCCCCCCCCCCCC(=O)OC(COC(=O)CCCCCCCCCCCCCCCCCCCCCCCCCCC/C=C\C/C=C\CCCCCCC)COP(=O)(O)OCCN. The number of carbonyl (C=O) groups excluding carboxylic acids is 2. The molecule has 0 aromatic rings. The Labute approximate surface area is 526 Å². The number of esters is 2. The van der Waals surface area contributed by atoms with Gasteiger partial charge in [-0.3, -0.25) is 18.6 Å². The van der Waals surface area contributed by atoms with Crippen molar-refractivity contribution in [2.24, 2.45) is 5.73 Å². The van der Waals surface area contributed by atoms with Crippen molar-refractivity contribution in [3.05, 3.63) is 72.9 Å². The van der Waals surface area contributed by atoms with E-state index in [4.69, 9.17) is 24.3 Å². The number of phosphoric acid groups is 1. The van der Waals surface area contributed by atoms with Crippen LogP contribution in [-0.2, 0) is 32.7 Å². The highest BCUT2D eigenvalue weighted by Crippen LogP contribution is 2.43. The van der Waals surface area contributed by atoms with Gasteiger partial charge in [0.15, 0.2) is 6.10 Å². The zero-order chi connectivity index (χ0) is 61.6. The normalized spacial score (nSPS) is 13.3. The van der Waals surface area contributed by atoms with E-state index in [1.54, 1.807) is 0 Å². The standard InChI is InChI=1S/C75H138NO8P/c1-3-5-7-9-11-13-15-17-19-21-23-25-27-29-31-32-33-34-35-36-37-38-39-40-42-43-45-47-49-51-53-55-57-59-61-63-65-67-74(77)81-71-73(72-83-85(79,80)82-70-69-76)84-75(78)68-66-64-62-60-58-56-54-52-50-48-46-44-41-30-28-26-24-22-20-18-16-14-12-10-8-6-4-2/h6,8,12,14-15,17-18,20-21,23-24,26,73H,3-5,7,9-11,13,16,19,22,25,27-72,76H2,1-2H3,(H,79,80)/b8-6-,14-12-,17-15-,20-18-,23-21-,26-24-. The zero-order valence-corrected chi connectivity index (χ0v) is 56.7. The smallest absolute Gasteiger partial charge is 0.462 e. The fourth-order valence-corrected chi connectivity index (χ4v) is 11.5. The fraction of sp³-hybridized carbons (Fsp3) is 0.813. The Morgan fingerprint density at radius 3 is 0.965 bits per heavy atom. The summed E-state index contributed by atoms with van der Waals surface area (Å²) in [6.07, 6.45) is 93.0. The Morgan fingerprint density at radius 1 is 0.365 bits per heavy atom. The summed E-state index contributed by atoms with van der Waals surface area (Å²) < 4.78 is 33.2. The first-order valence-corrected chi connectivity index (χ1v) is 37.9. The van der Waals surface area contributed by atoms with Crippen molar-refractivity contribution in [3.63, 3.8) is 0 Å². The zero-order valence-electron chi connectivity index (χ0n) is 55.8. The molecule has 9 nitrogen and oxygen atoms in total. The average Bonchev–Trinajstić information content (AvgIpc) is 3.53. The third-order valence-electron chi connectivity index (χ3n) is 16.1. The Morgan fingerprint density at radius 2 is 0.647 bits per heavy atom. The van der Waals surface area contributed by atoms with Gasteiger partial charge in [0, 0.05) is 19.4 Å². The van der Waals surface area contributed by atoms with Crippen LogP contribution in [0.2, 0.25) is 0 Å². The van der Waals surface area contributed by atoms with E-state index in [0.717, 1.165) is 70.6 Å². The molecule has 2 atom stereocenters. The molecule has 85 heavy (non-hydrogen) atoms. The van der Waals surface area contributed by atoms with Crippen LogP contribution in [0.4, 0.5) is 0 Å². The summed E-state index contributed by atoms with van der Waals surface area (Å²) in [5.41, 5.74) is 5.41. The number of rotatable bonds is 69. The topological polar surface area (TPSA) is 134 Å². The summed E-state index contributed by atoms with van der Waals surface area (Å²) in [7, 11) is -4.39. The summed E-state index contributed by atoms with van der Waals surface area (Å²) >= 11 is 0. The number of hydrogen-bond donors (Lipinski definition) is 2. The first-order chi connectivity index (χ1) is 41.8. The monoisotopic (exact) mass is 1210 g/mol. The van der Waals surface area contributed by atoms with Crippen LogP contribution in [0, 0.1) is 0 Å². The van der Waals surface area contributed by atoms with E-state index >= 15 is 0 Å². The van der Waals surface area contributed by atoms with Gasteiger partial charge in [0.05, 0.1) is 13.2 Å². The van der Waals surface area contributed by atoms with Crippen LogP contribution in [0.1, 0.15) is 361 Å². The Balaban J connectivity index is 3.79. The summed E-state index contributed by atoms with van der Waals surface area (Å²) in [6.45, 7) is 3.68. The van der Waals surface area contributed by atoms with Gasteiger partial charge in [-0.2, -0.15) is 0 Å². The summed E-state index contributed by atoms with van der Waals surface area (Å²) in [5, 5.41) is 0. The van der Waals surface area contributed by atoms with Gasteiger partial charge < -0.3 is 20.1 Å². The van der Waals surface area contributed by atoms with Crippen LogP contribution in [-0.4, -0.2) is 49.3 Å². The molecule has 0 fully saturated rings. The predicted molar refractivity (Wildman–Crippen MR) is 367 cm³/mol. The highest BCUT2D eigenvalue weighted by atomic mass is 31.2. The lowest BCUT2D eigenvalue weighted by molar-refractivity contribution is -0.161. The van der Waals surface area contributed by atoms with Gasteiger partial charge in [-0.25, -0.2) is 4.57 Å². The van der Waals surface area contributed by atoms with Crippen LogP contribution >= 0.6 is 7.82 Å². The predicted octanol–water partition coefficient (Wildman–Crippen LogP) is 24.0. The first-order valence-electron chi connectivity index (χ1n) is 36.4. The van der Waals surface area contributed by atoms with Gasteiger partial charge in [-0.1, -0.05) is 337 Å². The van der Waals surface area contributed by atoms with Crippen LogP contribution in [0.15, 0.2) is 72.9 Å². The molecule has 0 spiro atoms. The minimum absolute atomic E-state index is 0.0533. The molecule has 0 amide bonds. The molecule has 2 unspecified atom stereocenters. The summed E-state index contributed by atoms with van der Waals surface area (Å²) in [5.74, 6) is -0.812. The molecule has 0 aromatic carbocycles. The Kier molecular flexibility index (Phi) is 68.4. The highest BCUT2D eigenvalue weighted by molar-refractivity contribution is 7.47. The molecule has 0 aliphatic carbocycles. The summed E-state index contributed by atoms with van der Waals surface area (Å²) in [6, 6.07) is 0. The number of phosphoric ester groups is 1. The highest BCUT2D eigenvalue weighted by Gasteiger charge is 2.26. The molecule has 0 saturated heterocycles. The maximum absolute atomic E-state index is 12.8. The maximum atomic E-state index is 12.8. The second-order valence-corrected chi connectivity index (χ2v) is 25.9. The second-order valence-electron chi connectivity index (χ2n) is 24.4. The lowest BCUT2D eigenvalue weighted by Gasteiger charge is -2.19. The van der Waals surface area contributed by atoms with Gasteiger partial charge in [-0.15, -0.1) is 0 Å². The lowest BCUT2D eigenvalue weighted by Crippen LogP contribution is -2.29. The molecule has 3 N–H and O–H groups in total. The summed E-state index contributed by atoms with van der Waals surface area (Å²) in [4.78, 5) is 35.4. The van der Waals surface area contributed by atoms with Crippen molar-refractivity contribution < 1.29 is 37.6 Å². The third-order valence-corrected chi connectivity index (χ3v) is 17.1. The molecule has 0 radical (unpaired) electrons. The Hall–Kier alpha value is -2.55. The molecule has 10 heteroatoms. The van der Waals surface area contributed by atoms with E-state index in [0.29, 0.717) is 6.42 Å². The van der Waals surface area contributed by atoms with E-state index in [1.807, 2.05) is 0 Å². The minimum atomic E-state index is -4.39. The van der Waals surface area contributed by atoms with Gasteiger partial charge in [0.1, 0.15) is 6.61 Å². The van der Waals surface area contributed by atoms with E-state index in [-0.39, 0.29) is 38.6 Å². The van der Waals surface area contributed by atoms with Crippen molar-refractivity contribution in [3.8, 4) is 0 Å². The number of hydrogen-bond acceptors (Lipinski definition) is 8. The lowest BCUT2D eigenvalue weighted by atomic mass is 10.0. The number of ether oxygens (including phenoxy) is 2. The van der Waals surface area contributed by atoms with Crippen molar-refractivity contribution in [2.75, 3.05) is 26.4 Å². The van der Waals surface area contributed by atoms with E-state index < -0.39 is 26.5 Å². The van der Waals surface area contributed by atoms with E-state index in [1.165, 1.54) is 257 Å². The van der Waals surface area contributed by atoms with Crippen LogP contribution < -0.4 is 5.73 Å². The molecule has 0 rings (SSSR count). The van der Waals surface area contributed by atoms with Gasteiger partial charge in [0.25, 0.3) is 0 Å². The number of unbranched alkanes of at least 4 members (excludes halogenated alkanes) is 44. The van der Waals surface area contributed by atoms with Crippen LogP contribution in [0.25, 0.3) is 0 Å². The van der Waals surface area contributed by atoms with E-state index in [9.17, 15) is 19.0 Å². The van der Waals surface area contributed by atoms with Gasteiger partial charge >= 0.3 is 19.8 Å². The van der Waals surface area contributed by atoms with Crippen molar-refractivity contribution in [1.82, 2.24) is 0 Å². The van der Waals surface area contributed by atoms with Crippen LogP contribution in [0.3, 0.4) is 0 Å². The van der Waals surface area contributed by atoms with Gasteiger partial charge in [-0.05, 0) is 83.5 Å². The van der Waals surface area contributed by atoms with Crippen LogP contribution in [0.5, 0.6) is 0 Å². The minimum Gasteiger partial charge on any atom is -0.462 e. The van der Waals surface area contributed by atoms with Crippen molar-refractivity contribution in [1.29, 1.82) is 0 Å². The van der Waals surface area contributed by atoms with Crippen molar-refractivity contribution in [2.45, 2.75) is 367 Å². The van der Waals surface area contributed by atoms with E-state index in [2.05, 4.69) is 86.8 Å². The maximum Gasteiger partial charge on any atom is 0.472 e. The third kappa shape index (κ3) is 70.4. The molecular formula is C75H138NO8P. The molecule has 0 bridgehead atoms. The number of carbonyl (C=O) groups is 2.